The highest BCUT2D eigenvalue weighted by Crippen LogP contribution is 2.54. The fourth-order valence-corrected chi connectivity index (χ4v) is 5.51. The number of hydrogen-bond donors (Lipinski definition) is 0. The van der Waals surface area contributed by atoms with Gasteiger partial charge in [-0.3, -0.25) is 9.59 Å². The molecule has 2 atom stereocenters. The molecule has 0 bridgehead atoms. The van der Waals surface area contributed by atoms with Crippen LogP contribution in [0.3, 0.4) is 0 Å². The predicted molar refractivity (Wildman–Crippen MR) is 114 cm³/mol. The van der Waals surface area contributed by atoms with Crippen LogP contribution in [0.2, 0.25) is 0 Å². The maximum absolute atomic E-state index is 13.8. The molecule has 0 aliphatic carbocycles. The van der Waals surface area contributed by atoms with Crippen molar-refractivity contribution in [1.29, 1.82) is 0 Å². The zero-order valence-electron chi connectivity index (χ0n) is 17.4. The Bertz CT molecular complexity index is 937. The summed E-state index contributed by atoms with van der Waals surface area (Å²) in [6, 6.07) is 19.7. The summed E-state index contributed by atoms with van der Waals surface area (Å²) in [6.45, 7) is 3.20. The number of piperidine rings is 1. The molecule has 5 nitrogen and oxygen atoms in total. The van der Waals surface area contributed by atoms with Gasteiger partial charge >= 0.3 is 0 Å². The Morgan fingerprint density at radius 2 is 1.63 bits per heavy atom. The molecule has 0 saturated carbocycles. The third-order valence-electron chi connectivity index (χ3n) is 7.17. The fourth-order valence-electron chi connectivity index (χ4n) is 5.51. The Morgan fingerprint density at radius 3 is 2.27 bits per heavy atom. The van der Waals surface area contributed by atoms with Gasteiger partial charge in [-0.05, 0) is 37.0 Å². The largest absolute Gasteiger partial charge is 0.339 e. The van der Waals surface area contributed by atoms with Gasteiger partial charge in [-0.15, -0.1) is 0 Å². The van der Waals surface area contributed by atoms with E-state index < -0.39 is 11.3 Å². The number of hydrogen-bond acceptors (Lipinski definition) is 3. The van der Waals surface area contributed by atoms with Crippen molar-refractivity contribution in [2.75, 3.05) is 13.1 Å². The standard InChI is InChI=1S/C25H28N2O3/c1-2-25-14-13-21(19-9-5-3-6-10-19)27(25)23(29)24(30-25)15-17-26(18-16-24)22(28)20-11-7-4-8-12-20/h3-12,21H,2,13-18H2,1H3/t21-,25+/m0/s1. The number of fused-ring (bicyclic) bond motifs is 1. The van der Waals surface area contributed by atoms with Crippen LogP contribution in [-0.4, -0.2) is 46.0 Å². The first-order valence-electron chi connectivity index (χ1n) is 11.0. The Balaban J connectivity index is 1.37. The van der Waals surface area contributed by atoms with E-state index in [9.17, 15) is 9.59 Å². The molecule has 0 aromatic heterocycles. The Labute approximate surface area is 177 Å². The molecule has 2 aromatic rings. The first-order chi connectivity index (χ1) is 14.6. The Kier molecular flexibility index (Phi) is 4.66. The summed E-state index contributed by atoms with van der Waals surface area (Å²) >= 11 is 0. The maximum Gasteiger partial charge on any atom is 0.257 e. The minimum Gasteiger partial charge on any atom is -0.339 e. The maximum atomic E-state index is 13.8. The molecule has 0 radical (unpaired) electrons. The van der Waals surface area contributed by atoms with Crippen molar-refractivity contribution in [3.8, 4) is 0 Å². The average Bonchev–Trinajstić information content (AvgIpc) is 3.28. The van der Waals surface area contributed by atoms with E-state index in [2.05, 4.69) is 19.1 Å². The lowest BCUT2D eigenvalue weighted by Gasteiger charge is -2.38. The molecule has 3 aliphatic heterocycles. The van der Waals surface area contributed by atoms with Crippen molar-refractivity contribution in [2.45, 2.75) is 56.4 Å². The van der Waals surface area contributed by atoms with Crippen molar-refractivity contribution in [2.24, 2.45) is 0 Å². The van der Waals surface area contributed by atoms with E-state index in [4.69, 9.17) is 4.74 Å². The highest BCUT2D eigenvalue weighted by Gasteiger charge is 2.64. The molecule has 3 aliphatic rings. The van der Waals surface area contributed by atoms with Gasteiger partial charge in [-0.25, -0.2) is 0 Å². The van der Waals surface area contributed by atoms with Crippen molar-refractivity contribution >= 4 is 11.8 Å². The van der Waals surface area contributed by atoms with Crippen molar-refractivity contribution in [3.05, 3.63) is 71.8 Å². The predicted octanol–water partition coefficient (Wildman–Crippen LogP) is 4.16. The van der Waals surface area contributed by atoms with Crippen LogP contribution in [0.5, 0.6) is 0 Å². The van der Waals surface area contributed by atoms with Gasteiger partial charge in [0.25, 0.3) is 11.8 Å². The quantitative estimate of drug-likeness (QED) is 0.772. The highest BCUT2D eigenvalue weighted by atomic mass is 16.6. The summed E-state index contributed by atoms with van der Waals surface area (Å²) in [5, 5.41) is 0. The van der Waals surface area contributed by atoms with Crippen LogP contribution in [0.15, 0.2) is 60.7 Å². The van der Waals surface area contributed by atoms with Gasteiger partial charge < -0.3 is 14.5 Å². The van der Waals surface area contributed by atoms with E-state index >= 15 is 0 Å². The van der Waals surface area contributed by atoms with Crippen LogP contribution >= 0.6 is 0 Å². The summed E-state index contributed by atoms with van der Waals surface area (Å²) in [5.74, 6) is 0.145. The van der Waals surface area contributed by atoms with Gasteiger partial charge in [0, 0.05) is 31.5 Å². The molecule has 0 N–H and O–H groups in total. The van der Waals surface area contributed by atoms with Gasteiger partial charge in [0.15, 0.2) is 5.60 Å². The third kappa shape index (κ3) is 2.87. The van der Waals surface area contributed by atoms with E-state index in [1.54, 1.807) is 0 Å². The van der Waals surface area contributed by atoms with E-state index in [1.807, 2.05) is 58.3 Å². The molecular weight excluding hydrogens is 376 g/mol. The molecule has 5 rings (SSSR count). The fraction of sp³-hybridized carbons (Fsp3) is 0.440. The van der Waals surface area contributed by atoms with E-state index in [0.29, 0.717) is 31.5 Å². The number of carbonyl (C=O) groups excluding carboxylic acids is 2. The SMILES string of the molecule is CC[C@@]12CC[C@@H](c3ccccc3)N1C(=O)C1(CCN(C(=O)c3ccccc3)CC1)O2. The summed E-state index contributed by atoms with van der Waals surface area (Å²) in [5.41, 5.74) is 0.570. The molecule has 0 unspecified atom stereocenters. The van der Waals surface area contributed by atoms with E-state index in [1.165, 1.54) is 5.56 Å². The molecule has 1 spiro atoms. The molecule has 2 amide bonds. The summed E-state index contributed by atoms with van der Waals surface area (Å²) in [7, 11) is 0. The Hall–Kier alpha value is -2.66. The molecular formula is C25H28N2O3. The van der Waals surface area contributed by atoms with Gasteiger partial charge in [0.2, 0.25) is 0 Å². The van der Waals surface area contributed by atoms with Gasteiger partial charge in [-0.2, -0.15) is 0 Å². The van der Waals surface area contributed by atoms with E-state index in [-0.39, 0.29) is 17.9 Å². The molecule has 3 fully saturated rings. The third-order valence-corrected chi connectivity index (χ3v) is 7.17. The number of amides is 2. The van der Waals surface area contributed by atoms with Gasteiger partial charge in [0.1, 0.15) is 5.72 Å². The normalized spacial score (nSPS) is 27.5. The zero-order chi connectivity index (χ0) is 20.8. The van der Waals surface area contributed by atoms with Crippen LogP contribution in [0, 0.1) is 0 Å². The zero-order valence-corrected chi connectivity index (χ0v) is 17.4. The monoisotopic (exact) mass is 404 g/mol. The van der Waals surface area contributed by atoms with Crippen molar-refractivity contribution in [3.63, 3.8) is 0 Å². The average molecular weight is 405 g/mol. The minimum atomic E-state index is -0.795. The molecule has 2 aromatic carbocycles. The topological polar surface area (TPSA) is 49.9 Å². The lowest BCUT2D eigenvalue weighted by Crippen LogP contribution is -2.51. The molecule has 3 saturated heterocycles. The molecule has 30 heavy (non-hydrogen) atoms. The number of ether oxygens (including phenoxy) is 1. The smallest absolute Gasteiger partial charge is 0.257 e. The van der Waals surface area contributed by atoms with E-state index in [0.717, 1.165) is 19.3 Å². The second-order valence-corrected chi connectivity index (χ2v) is 8.69. The number of rotatable bonds is 3. The van der Waals surface area contributed by atoms with Gasteiger partial charge in [0.05, 0.1) is 6.04 Å². The lowest BCUT2D eigenvalue weighted by atomic mass is 9.89. The van der Waals surface area contributed by atoms with Crippen LogP contribution in [0.4, 0.5) is 0 Å². The summed E-state index contributed by atoms with van der Waals surface area (Å²) < 4.78 is 6.69. The summed E-state index contributed by atoms with van der Waals surface area (Å²) in [4.78, 5) is 30.5. The first kappa shape index (κ1) is 19.3. The number of benzene rings is 2. The molecule has 156 valence electrons. The van der Waals surface area contributed by atoms with Crippen LogP contribution in [0.25, 0.3) is 0 Å². The Morgan fingerprint density at radius 1 is 1.00 bits per heavy atom. The second kappa shape index (κ2) is 7.24. The number of nitrogens with zero attached hydrogens (tertiary/aromatic N) is 2. The minimum absolute atomic E-state index is 0.0313. The van der Waals surface area contributed by atoms with Gasteiger partial charge in [-0.1, -0.05) is 55.5 Å². The van der Waals surface area contributed by atoms with Crippen LogP contribution in [0.1, 0.15) is 61.0 Å². The summed E-state index contributed by atoms with van der Waals surface area (Å²) in [6.07, 6.45) is 3.70. The number of likely N-dealkylation sites (tertiary alicyclic amines) is 1. The van der Waals surface area contributed by atoms with Crippen LogP contribution in [-0.2, 0) is 9.53 Å². The van der Waals surface area contributed by atoms with Crippen molar-refractivity contribution < 1.29 is 14.3 Å². The van der Waals surface area contributed by atoms with Crippen LogP contribution < -0.4 is 0 Å². The molecule has 5 heteroatoms. The molecule has 3 heterocycles. The highest BCUT2D eigenvalue weighted by molar-refractivity contribution is 5.95. The number of carbonyl (C=O) groups is 2. The van der Waals surface area contributed by atoms with Crippen molar-refractivity contribution in [1.82, 2.24) is 9.80 Å². The second-order valence-electron chi connectivity index (χ2n) is 8.69. The lowest BCUT2D eigenvalue weighted by molar-refractivity contribution is -0.153. The first-order valence-corrected chi connectivity index (χ1v) is 11.0.